The Labute approximate surface area is 207 Å². The summed E-state index contributed by atoms with van der Waals surface area (Å²) in [6.07, 6.45) is -6.64. The van der Waals surface area contributed by atoms with Crippen molar-refractivity contribution in [2.45, 2.75) is 18.3 Å². The van der Waals surface area contributed by atoms with Gasteiger partial charge in [-0.05, 0) is 42.0 Å². The molecule has 38 heavy (non-hydrogen) atoms. The fraction of sp³-hybridized carbons (Fsp3) is 0.136. The number of benzene rings is 2. The van der Waals surface area contributed by atoms with Gasteiger partial charge in [-0.3, -0.25) is 9.20 Å². The molecular weight excluding hydrogens is 528 g/mol. The molecule has 4 aromatic rings. The van der Waals surface area contributed by atoms with Crippen LogP contribution in [0, 0.1) is 17.6 Å². The highest BCUT2D eigenvalue weighted by Crippen LogP contribution is 2.35. The van der Waals surface area contributed by atoms with Crippen molar-refractivity contribution in [2.75, 3.05) is 11.1 Å². The van der Waals surface area contributed by atoms with E-state index in [1.54, 1.807) is 0 Å². The predicted molar refractivity (Wildman–Crippen MR) is 116 cm³/mol. The molecule has 1 amide bonds. The molecule has 0 radical (unpaired) electrons. The van der Waals surface area contributed by atoms with Crippen molar-refractivity contribution in [3.05, 3.63) is 77.1 Å². The molecule has 16 heteroatoms. The third-order valence-electron chi connectivity index (χ3n) is 5.25. The van der Waals surface area contributed by atoms with Gasteiger partial charge in [0.1, 0.15) is 28.7 Å². The fourth-order valence-electron chi connectivity index (χ4n) is 3.60. The van der Waals surface area contributed by atoms with Crippen LogP contribution < -0.4 is 11.1 Å². The molecular formula is C22H15F6N5O5. The van der Waals surface area contributed by atoms with Gasteiger partial charge in [-0.1, -0.05) is 0 Å². The second-order valence-electron chi connectivity index (χ2n) is 7.93. The van der Waals surface area contributed by atoms with E-state index in [1.165, 1.54) is 0 Å². The first-order chi connectivity index (χ1) is 17.6. The number of hydrogen-bond donors (Lipinski definition) is 6. The lowest BCUT2D eigenvalue weighted by Gasteiger charge is -2.15. The van der Waals surface area contributed by atoms with E-state index in [2.05, 4.69) is 9.97 Å². The molecule has 200 valence electrons. The first-order valence-electron chi connectivity index (χ1n) is 10.2. The summed E-state index contributed by atoms with van der Waals surface area (Å²) < 4.78 is 82.2. The summed E-state index contributed by atoms with van der Waals surface area (Å²) in [6, 6.07) is 3.78. The van der Waals surface area contributed by atoms with E-state index in [1.807, 2.05) is 5.32 Å². The van der Waals surface area contributed by atoms with E-state index in [0.717, 1.165) is 12.1 Å². The molecule has 0 aliphatic heterocycles. The molecule has 7 N–H and O–H groups in total. The van der Waals surface area contributed by atoms with E-state index in [-0.39, 0.29) is 11.8 Å². The Morgan fingerprint density at radius 3 is 2.34 bits per heavy atom. The van der Waals surface area contributed by atoms with Gasteiger partial charge in [0.2, 0.25) is 11.8 Å². The molecule has 0 bridgehead atoms. The SMILES string of the molecule is Nc1ncc(F)n2c(C(O)(O)O)nc(-c3ccc(NC(=O)C(O)c4cc(F)cc(C(F)(F)F)c4)cc3F)c12. The average molecular weight is 543 g/mol. The van der Waals surface area contributed by atoms with E-state index >= 15 is 4.39 Å². The molecule has 0 saturated heterocycles. The molecule has 0 saturated carbocycles. The maximum Gasteiger partial charge on any atom is 0.416 e. The van der Waals surface area contributed by atoms with Gasteiger partial charge < -0.3 is 31.5 Å². The number of nitrogens with two attached hydrogens (primary N) is 1. The summed E-state index contributed by atoms with van der Waals surface area (Å²) in [7, 11) is 0. The van der Waals surface area contributed by atoms with E-state index in [4.69, 9.17) is 5.73 Å². The maximum atomic E-state index is 15.0. The topological polar surface area (TPSA) is 166 Å². The van der Waals surface area contributed by atoms with Gasteiger partial charge in [0.25, 0.3) is 5.91 Å². The van der Waals surface area contributed by atoms with Gasteiger partial charge in [-0.25, -0.2) is 18.7 Å². The van der Waals surface area contributed by atoms with Crippen molar-refractivity contribution in [3.8, 4) is 11.3 Å². The maximum absolute atomic E-state index is 15.0. The second-order valence-corrected chi connectivity index (χ2v) is 7.93. The Balaban J connectivity index is 1.68. The van der Waals surface area contributed by atoms with Crippen LogP contribution in [0.15, 0.2) is 42.6 Å². The summed E-state index contributed by atoms with van der Waals surface area (Å²) in [4.78, 5) is 19.6. The van der Waals surface area contributed by atoms with Gasteiger partial charge in [0.15, 0.2) is 6.10 Å². The lowest BCUT2D eigenvalue weighted by Crippen LogP contribution is -2.27. The number of alkyl halides is 3. The Morgan fingerprint density at radius 1 is 1.05 bits per heavy atom. The van der Waals surface area contributed by atoms with Crippen LogP contribution in [0.25, 0.3) is 16.8 Å². The molecule has 10 nitrogen and oxygen atoms in total. The number of fused-ring (bicyclic) bond motifs is 1. The molecule has 2 heterocycles. The van der Waals surface area contributed by atoms with Crippen LogP contribution in [-0.2, 0) is 16.9 Å². The molecule has 0 fully saturated rings. The number of aliphatic hydroxyl groups excluding tert-OH is 1. The van der Waals surface area contributed by atoms with Crippen LogP contribution in [-0.4, -0.2) is 40.7 Å². The number of carbonyl (C=O) groups is 1. The number of rotatable bonds is 5. The Hall–Kier alpha value is -4.25. The zero-order valence-electron chi connectivity index (χ0n) is 18.5. The predicted octanol–water partition coefficient (Wildman–Crippen LogP) is 2.17. The van der Waals surface area contributed by atoms with Crippen molar-refractivity contribution in [3.63, 3.8) is 0 Å². The number of aromatic nitrogens is 3. The fourth-order valence-corrected chi connectivity index (χ4v) is 3.60. The van der Waals surface area contributed by atoms with Crippen LogP contribution in [0.5, 0.6) is 0 Å². The van der Waals surface area contributed by atoms with Gasteiger partial charge in [0.05, 0.1) is 11.8 Å². The highest BCUT2D eigenvalue weighted by Gasteiger charge is 2.34. The zero-order chi connectivity index (χ0) is 28.2. The third-order valence-corrected chi connectivity index (χ3v) is 5.25. The summed E-state index contributed by atoms with van der Waals surface area (Å²) in [5.41, 5.74) is 1.88. The zero-order valence-corrected chi connectivity index (χ0v) is 18.5. The van der Waals surface area contributed by atoms with Crippen LogP contribution >= 0.6 is 0 Å². The Kier molecular flexibility index (Phi) is 6.52. The highest BCUT2D eigenvalue weighted by atomic mass is 19.4. The third kappa shape index (κ3) is 4.97. The molecule has 1 unspecified atom stereocenters. The van der Waals surface area contributed by atoms with Crippen molar-refractivity contribution in [1.29, 1.82) is 0 Å². The normalized spacial score (nSPS) is 13.1. The summed E-state index contributed by atoms with van der Waals surface area (Å²) in [6.45, 7) is 0. The highest BCUT2D eigenvalue weighted by molar-refractivity contribution is 5.95. The molecule has 2 aromatic heterocycles. The number of anilines is 2. The number of carbonyl (C=O) groups excluding carboxylic acids is 1. The smallest absolute Gasteiger partial charge is 0.382 e. The first kappa shape index (κ1) is 26.8. The van der Waals surface area contributed by atoms with Crippen molar-refractivity contribution in [1.82, 2.24) is 14.4 Å². The largest absolute Gasteiger partial charge is 0.416 e. The Bertz CT molecular complexity index is 1570. The minimum Gasteiger partial charge on any atom is -0.382 e. The van der Waals surface area contributed by atoms with E-state index in [0.29, 0.717) is 28.8 Å². The quantitative estimate of drug-likeness (QED) is 0.165. The number of amides is 1. The molecule has 1 atom stereocenters. The van der Waals surface area contributed by atoms with Crippen molar-refractivity contribution in [2.24, 2.45) is 0 Å². The van der Waals surface area contributed by atoms with E-state index in [9.17, 15) is 47.2 Å². The average Bonchev–Trinajstić information content (AvgIpc) is 3.22. The lowest BCUT2D eigenvalue weighted by molar-refractivity contribution is -0.329. The summed E-state index contributed by atoms with van der Waals surface area (Å²) in [5, 5.41) is 40.8. The molecule has 0 aliphatic carbocycles. The van der Waals surface area contributed by atoms with Gasteiger partial charge in [-0.15, -0.1) is 0 Å². The molecule has 4 rings (SSSR count). The minimum atomic E-state index is -4.95. The Morgan fingerprint density at radius 2 is 1.74 bits per heavy atom. The summed E-state index contributed by atoms with van der Waals surface area (Å²) >= 11 is 0. The van der Waals surface area contributed by atoms with Crippen LogP contribution in [0.3, 0.4) is 0 Å². The number of nitrogen functional groups attached to an aromatic ring is 1. The van der Waals surface area contributed by atoms with Crippen molar-refractivity contribution >= 4 is 22.9 Å². The minimum absolute atomic E-state index is 0.176. The second kappa shape index (κ2) is 9.25. The van der Waals surface area contributed by atoms with Crippen LogP contribution in [0.2, 0.25) is 0 Å². The molecule has 0 spiro atoms. The van der Waals surface area contributed by atoms with Crippen LogP contribution in [0.1, 0.15) is 23.1 Å². The number of nitrogens with one attached hydrogen (secondary N) is 1. The van der Waals surface area contributed by atoms with Crippen LogP contribution in [0.4, 0.5) is 37.8 Å². The van der Waals surface area contributed by atoms with E-state index < -0.39 is 81.3 Å². The monoisotopic (exact) mass is 543 g/mol. The lowest BCUT2D eigenvalue weighted by atomic mass is 10.0. The summed E-state index contributed by atoms with van der Waals surface area (Å²) in [5.74, 6) is -10.3. The van der Waals surface area contributed by atoms with Gasteiger partial charge in [0, 0.05) is 11.3 Å². The molecule has 2 aromatic carbocycles. The number of imidazole rings is 1. The standard InChI is InChI=1S/C22H15F6N5O5/c23-10-4-8(3-9(5-10)21(26,27)28)17(34)19(35)31-11-1-2-12(13(24)6-11)15-16-18(29)30-7-14(25)33(16)20(32-15)22(36,37)38/h1-7,17,34,36-38H,(H2,29,30)(H,31,35). The van der Waals surface area contributed by atoms with Gasteiger partial charge >= 0.3 is 12.1 Å². The number of aliphatic hydroxyl groups is 4. The number of nitrogens with zero attached hydrogens (tertiary/aromatic N) is 3. The molecule has 0 aliphatic rings. The van der Waals surface area contributed by atoms with Gasteiger partial charge in [-0.2, -0.15) is 17.6 Å². The first-order valence-corrected chi connectivity index (χ1v) is 10.2. The number of hydrogen-bond acceptors (Lipinski definition) is 8. The number of halogens is 6. The van der Waals surface area contributed by atoms with Crippen molar-refractivity contribution < 1.29 is 51.6 Å².